The van der Waals surface area contributed by atoms with E-state index in [2.05, 4.69) is 36.3 Å². The van der Waals surface area contributed by atoms with Crippen molar-refractivity contribution >= 4 is 5.96 Å². The van der Waals surface area contributed by atoms with Crippen molar-refractivity contribution in [3.63, 3.8) is 0 Å². The molecule has 1 aliphatic carbocycles. The fraction of sp³-hybridized carbons (Fsp3) is 0.947. The van der Waals surface area contributed by atoms with Crippen molar-refractivity contribution in [2.45, 2.75) is 58.9 Å². The van der Waals surface area contributed by atoms with Gasteiger partial charge in [0.05, 0.1) is 6.54 Å². The first-order valence-corrected chi connectivity index (χ1v) is 10.0. The predicted molar refractivity (Wildman–Crippen MR) is 102 cm³/mol. The van der Waals surface area contributed by atoms with Crippen molar-refractivity contribution in [3.8, 4) is 0 Å². The summed E-state index contributed by atoms with van der Waals surface area (Å²) >= 11 is 0. The van der Waals surface area contributed by atoms with Gasteiger partial charge >= 0.3 is 0 Å². The second kappa shape index (κ2) is 10.9. The molecule has 1 unspecified atom stereocenters. The zero-order valence-corrected chi connectivity index (χ0v) is 16.0. The molecule has 0 bridgehead atoms. The standard InChI is InChI=1S/C19H38N4O/c1-4-20-19(21-10-5-13-24-15-18-6-7-18)22-14-17(3)23-11-8-16(2)9-12-23/h16-18H,4-15H2,1-3H3,(H2,20,21,22). The van der Waals surface area contributed by atoms with E-state index in [9.17, 15) is 0 Å². The van der Waals surface area contributed by atoms with Crippen LogP contribution in [0, 0.1) is 11.8 Å². The predicted octanol–water partition coefficient (Wildman–Crippen LogP) is 2.48. The van der Waals surface area contributed by atoms with Gasteiger partial charge in [0, 0.05) is 32.3 Å². The third kappa shape index (κ3) is 7.84. The van der Waals surface area contributed by atoms with E-state index in [0.717, 1.165) is 57.1 Å². The molecule has 0 radical (unpaired) electrons. The third-order valence-electron chi connectivity index (χ3n) is 5.11. The number of guanidine groups is 1. The number of rotatable bonds is 10. The van der Waals surface area contributed by atoms with E-state index in [0.29, 0.717) is 6.04 Å². The minimum atomic E-state index is 0.523. The lowest BCUT2D eigenvalue weighted by molar-refractivity contribution is 0.123. The average Bonchev–Trinajstić information content (AvgIpc) is 3.40. The molecule has 1 saturated carbocycles. The van der Waals surface area contributed by atoms with Gasteiger partial charge < -0.3 is 15.4 Å². The Hall–Kier alpha value is -0.810. The Bertz CT molecular complexity index is 362. The summed E-state index contributed by atoms with van der Waals surface area (Å²) < 4.78 is 5.68. The molecular weight excluding hydrogens is 300 g/mol. The number of piperidine rings is 1. The summed E-state index contributed by atoms with van der Waals surface area (Å²) in [4.78, 5) is 7.36. The summed E-state index contributed by atoms with van der Waals surface area (Å²) in [6, 6.07) is 0.523. The maximum absolute atomic E-state index is 5.68. The van der Waals surface area contributed by atoms with Crippen LogP contribution in [0.4, 0.5) is 0 Å². The van der Waals surface area contributed by atoms with Crippen LogP contribution in [0.15, 0.2) is 4.99 Å². The SMILES string of the molecule is CCNC(=NCC(C)N1CCC(C)CC1)NCCCOCC1CC1. The minimum absolute atomic E-state index is 0.523. The first-order valence-electron chi connectivity index (χ1n) is 10.0. The van der Waals surface area contributed by atoms with Crippen molar-refractivity contribution in [2.24, 2.45) is 16.8 Å². The Morgan fingerprint density at radius 3 is 2.62 bits per heavy atom. The Balaban J connectivity index is 1.61. The highest BCUT2D eigenvalue weighted by Crippen LogP contribution is 2.28. The Morgan fingerprint density at radius 2 is 1.96 bits per heavy atom. The summed E-state index contributed by atoms with van der Waals surface area (Å²) in [6.45, 7) is 13.7. The van der Waals surface area contributed by atoms with E-state index in [1.54, 1.807) is 0 Å². The van der Waals surface area contributed by atoms with E-state index in [4.69, 9.17) is 9.73 Å². The average molecular weight is 339 g/mol. The number of nitrogens with one attached hydrogen (secondary N) is 2. The Kier molecular flexibility index (Phi) is 8.89. The molecule has 140 valence electrons. The second-order valence-corrected chi connectivity index (χ2v) is 7.59. The number of ether oxygens (including phenoxy) is 1. The molecule has 2 N–H and O–H groups in total. The first kappa shape index (κ1) is 19.5. The highest BCUT2D eigenvalue weighted by molar-refractivity contribution is 5.79. The van der Waals surface area contributed by atoms with Crippen LogP contribution >= 0.6 is 0 Å². The summed E-state index contributed by atoms with van der Waals surface area (Å²) in [5.41, 5.74) is 0. The topological polar surface area (TPSA) is 48.9 Å². The molecule has 2 fully saturated rings. The molecule has 2 aliphatic rings. The quantitative estimate of drug-likeness (QED) is 0.365. The Morgan fingerprint density at radius 1 is 1.21 bits per heavy atom. The summed E-state index contributed by atoms with van der Waals surface area (Å²) in [7, 11) is 0. The van der Waals surface area contributed by atoms with Crippen LogP contribution in [0.5, 0.6) is 0 Å². The van der Waals surface area contributed by atoms with Gasteiger partial charge in [-0.25, -0.2) is 0 Å². The molecule has 0 spiro atoms. The van der Waals surface area contributed by atoms with Crippen LogP contribution in [0.1, 0.15) is 52.9 Å². The largest absolute Gasteiger partial charge is 0.381 e. The number of hydrogen-bond acceptors (Lipinski definition) is 3. The lowest BCUT2D eigenvalue weighted by Gasteiger charge is -2.34. The Labute approximate surface area is 148 Å². The van der Waals surface area contributed by atoms with Crippen LogP contribution in [-0.4, -0.2) is 62.8 Å². The van der Waals surface area contributed by atoms with Gasteiger partial charge in [0.1, 0.15) is 0 Å². The van der Waals surface area contributed by atoms with Gasteiger partial charge in [0.25, 0.3) is 0 Å². The van der Waals surface area contributed by atoms with Crippen molar-refractivity contribution in [1.29, 1.82) is 0 Å². The molecular formula is C19H38N4O. The van der Waals surface area contributed by atoms with E-state index in [-0.39, 0.29) is 0 Å². The van der Waals surface area contributed by atoms with Gasteiger partial charge in [-0.15, -0.1) is 0 Å². The minimum Gasteiger partial charge on any atom is -0.381 e. The molecule has 24 heavy (non-hydrogen) atoms. The molecule has 0 aromatic carbocycles. The van der Waals surface area contributed by atoms with Crippen molar-refractivity contribution < 1.29 is 4.74 Å². The van der Waals surface area contributed by atoms with Crippen LogP contribution in [0.3, 0.4) is 0 Å². The van der Waals surface area contributed by atoms with Gasteiger partial charge in [0.15, 0.2) is 5.96 Å². The lowest BCUT2D eigenvalue weighted by Crippen LogP contribution is -2.43. The molecule has 0 aromatic rings. The van der Waals surface area contributed by atoms with Crippen molar-refractivity contribution in [1.82, 2.24) is 15.5 Å². The molecule has 2 rings (SSSR count). The van der Waals surface area contributed by atoms with Crippen LogP contribution in [0.25, 0.3) is 0 Å². The van der Waals surface area contributed by atoms with Gasteiger partial charge in [-0.05, 0) is 70.9 Å². The van der Waals surface area contributed by atoms with Crippen LogP contribution in [0.2, 0.25) is 0 Å². The zero-order valence-electron chi connectivity index (χ0n) is 16.0. The maximum atomic E-state index is 5.68. The summed E-state index contributed by atoms with van der Waals surface area (Å²) in [5.74, 6) is 2.69. The lowest BCUT2D eigenvalue weighted by atomic mass is 9.98. The zero-order chi connectivity index (χ0) is 17.2. The van der Waals surface area contributed by atoms with Gasteiger partial charge in [-0.3, -0.25) is 9.89 Å². The van der Waals surface area contributed by atoms with Crippen LogP contribution < -0.4 is 10.6 Å². The van der Waals surface area contributed by atoms with E-state index < -0.39 is 0 Å². The fourth-order valence-electron chi connectivity index (χ4n) is 3.07. The smallest absolute Gasteiger partial charge is 0.191 e. The molecule has 1 atom stereocenters. The number of hydrogen-bond donors (Lipinski definition) is 2. The van der Waals surface area contributed by atoms with E-state index in [1.807, 2.05) is 0 Å². The fourth-order valence-corrected chi connectivity index (χ4v) is 3.07. The normalized spacial score (nSPS) is 21.7. The summed E-state index contributed by atoms with van der Waals surface area (Å²) in [6.07, 6.45) is 6.42. The molecule has 5 heteroatoms. The monoisotopic (exact) mass is 338 g/mol. The van der Waals surface area contributed by atoms with Gasteiger partial charge in [-0.2, -0.15) is 0 Å². The molecule has 0 amide bonds. The van der Waals surface area contributed by atoms with Gasteiger partial charge in [0.2, 0.25) is 0 Å². The first-order chi connectivity index (χ1) is 11.7. The number of likely N-dealkylation sites (tertiary alicyclic amines) is 1. The molecule has 1 heterocycles. The highest BCUT2D eigenvalue weighted by atomic mass is 16.5. The highest BCUT2D eigenvalue weighted by Gasteiger charge is 2.21. The van der Waals surface area contributed by atoms with Gasteiger partial charge in [-0.1, -0.05) is 6.92 Å². The summed E-state index contributed by atoms with van der Waals surface area (Å²) in [5, 5.41) is 6.78. The maximum Gasteiger partial charge on any atom is 0.191 e. The van der Waals surface area contributed by atoms with Crippen LogP contribution in [-0.2, 0) is 4.74 Å². The number of nitrogens with zero attached hydrogens (tertiary/aromatic N) is 2. The van der Waals surface area contributed by atoms with Crippen molar-refractivity contribution in [3.05, 3.63) is 0 Å². The molecule has 1 saturated heterocycles. The third-order valence-corrected chi connectivity index (χ3v) is 5.11. The molecule has 0 aromatic heterocycles. The second-order valence-electron chi connectivity index (χ2n) is 7.59. The van der Waals surface area contributed by atoms with E-state index >= 15 is 0 Å². The molecule has 5 nitrogen and oxygen atoms in total. The van der Waals surface area contributed by atoms with Crippen molar-refractivity contribution in [2.75, 3.05) is 45.9 Å². The molecule has 1 aliphatic heterocycles. The number of aliphatic imine (C=N–C) groups is 1. The van der Waals surface area contributed by atoms with E-state index in [1.165, 1.54) is 38.8 Å².